The maximum atomic E-state index is 11.6. The summed E-state index contributed by atoms with van der Waals surface area (Å²) in [7, 11) is 0. The van der Waals surface area contributed by atoms with Crippen molar-refractivity contribution in [2.45, 2.75) is 103 Å². The molecular weight excluding hydrogens is 324 g/mol. The van der Waals surface area contributed by atoms with Crippen LogP contribution in [0.5, 0.6) is 0 Å². The third kappa shape index (κ3) is 11.2. The van der Waals surface area contributed by atoms with E-state index in [1.807, 2.05) is 0 Å². The van der Waals surface area contributed by atoms with Crippen LogP contribution < -0.4 is 15.8 Å². The van der Waals surface area contributed by atoms with Gasteiger partial charge in [0.1, 0.15) is 0 Å². The summed E-state index contributed by atoms with van der Waals surface area (Å²) in [5.41, 5.74) is 5.48. The Morgan fingerprint density at radius 3 is 1.81 bits per heavy atom. The lowest BCUT2D eigenvalue weighted by Gasteiger charge is -2.12. The smallest absolute Gasteiger partial charge is 0.343 e. The average Bonchev–Trinajstić information content (AvgIpc) is 2.64. The number of nitrogens with zero attached hydrogens (tertiary/aromatic N) is 2. The summed E-state index contributed by atoms with van der Waals surface area (Å²) in [6.07, 6.45) is 22.0. The molecule has 1 aromatic heterocycles. The molecule has 1 rings (SSSR count). The molecule has 0 aliphatic heterocycles. The van der Waals surface area contributed by atoms with Crippen LogP contribution in [-0.4, -0.2) is 11.5 Å². The number of anilines is 2. The van der Waals surface area contributed by atoms with Crippen molar-refractivity contribution in [2.24, 2.45) is 0 Å². The molecule has 26 heavy (non-hydrogen) atoms. The van der Waals surface area contributed by atoms with E-state index in [-0.39, 0.29) is 5.95 Å². The second-order valence-corrected chi connectivity index (χ2v) is 7.36. The van der Waals surface area contributed by atoms with E-state index in [4.69, 9.17) is 5.73 Å². The quantitative estimate of drug-likeness (QED) is 0.215. The van der Waals surface area contributed by atoms with Crippen LogP contribution in [0.1, 0.15) is 103 Å². The van der Waals surface area contributed by atoms with Crippen molar-refractivity contribution in [1.29, 1.82) is 0 Å². The van der Waals surface area contributed by atoms with Crippen LogP contribution in [0.25, 0.3) is 0 Å². The van der Waals surface area contributed by atoms with Gasteiger partial charge in [-0.2, -0.15) is 0 Å². The number of nitrogens with one attached hydrogen (secondary N) is 1. The molecule has 0 amide bonds. The first kappa shape index (κ1) is 22.5. The highest BCUT2D eigenvalue weighted by Crippen LogP contribution is 2.13. The molecule has 0 fully saturated rings. The van der Waals surface area contributed by atoms with Gasteiger partial charge in [0, 0.05) is 12.6 Å². The molecule has 0 radical (unpaired) electrons. The SMILES string of the molecule is CCCCCCCCCCCCCCCCCNc1ccnc(N)[n+]1[O-]. The maximum absolute atomic E-state index is 11.6. The molecule has 0 aliphatic carbocycles. The number of nitrogens with two attached hydrogens (primary N) is 1. The van der Waals surface area contributed by atoms with Gasteiger partial charge in [-0.05, 0) is 6.42 Å². The topological polar surface area (TPSA) is 77.9 Å². The Morgan fingerprint density at radius 2 is 1.31 bits per heavy atom. The van der Waals surface area contributed by atoms with E-state index in [1.54, 1.807) is 12.3 Å². The van der Waals surface area contributed by atoms with E-state index >= 15 is 0 Å². The van der Waals surface area contributed by atoms with Gasteiger partial charge in [0.05, 0.1) is 6.20 Å². The summed E-state index contributed by atoms with van der Waals surface area (Å²) in [6.45, 7) is 3.09. The summed E-state index contributed by atoms with van der Waals surface area (Å²) >= 11 is 0. The van der Waals surface area contributed by atoms with Gasteiger partial charge in [-0.1, -0.05) is 96.8 Å². The number of hydrogen-bond donors (Lipinski definition) is 2. The van der Waals surface area contributed by atoms with E-state index in [1.165, 1.54) is 89.9 Å². The highest BCUT2D eigenvalue weighted by atomic mass is 16.5. The summed E-state index contributed by atoms with van der Waals surface area (Å²) in [4.78, 5) is 3.75. The van der Waals surface area contributed by atoms with Gasteiger partial charge in [0.15, 0.2) is 5.82 Å². The first-order chi connectivity index (χ1) is 12.8. The van der Waals surface area contributed by atoms with Crippen LogP contribution in [-0.2, 0) is 0 Å². The van der Waals surface area contributed by atoms with Crippen LogP contribution in [0.4, 0.5) is 11.8 Å². The van der Waals surface area contributed by atoms with E-state index in [0.29, 0.717) is 10.5 Å². The van der Waals surface area contributed by atoms with Gasteiger partial charge in [-0.3, -0.25) is 0 Å². The first-order valence-electron chi connectivity index (χ1n) is 10.8. The predicted octanol–water partition coefficient (Wildman–Crippen LogP) is 5.58. The summed E-state index contributed by atoms with van der Waals surface area (Å²) in [5.74, 6) is 0.481. The Hall–Kier alpha value is -1.52. The molecule has 0 unspecified atom stereocenters. The number of rotatable bonds is 17. The monoisotopic (exact) mass is 364 g/mol. The van der Waals surface area contributed by atoms with Crippen molar-refractivity contribution in [1.82, 2.24) is 4.98 Å². The Morgan fingerprint density at radius 1 is 0.846 bits per heavy atom. The molecule has 5 nitrogen and oxygen atoms in total. The molecule has 0 aliphatic rings. The third-order valence-corrected chi connectivity index (χ3v) is 4.95. The zero-order valence-corrected chi connectivity index (χ0v) is 16.8. The standard InChI is InChI=1S/C21H40N4O/c1-2-3-4-5-6-7-8-9-10-11-12-13-14-15-16-18-23-20-17-19-24-21(22)25(20)26/h17,19,23H,2-16,18H2,1H3,(H2,22,24). The highest BCUT2D eigenvalue weighted by molar-refractivity contribution is 5.29. The fourth-order valence-corrected chi connectivity index (χ4v) is 3.27. The summed E-state index contributed by atoms with van der Waals surface area (Å²) in [5, 5.41) is 14.8. The van der Waals surface area contributed by atoms with E-state index in [9.17, 15) is 5.21 Å². The van der Waals surface area contributed by atoms with Crippen molar-refractivity contribution in [3.8, 4) is 0 Å². The minimum absolute atomic E-state index is 0.00788. The molecule has 0 saturated heterocycles. The first-order valence-corrected chi connectivity index (χ1v) is 10.8. The molecule has 3 N–H and O–H groups in total. The van der Waals surface area contributed by atoms with Crippen molar-refractivity contribution in [3.05, 3.63) is 17.5 Å². The summed E-state index contributed by atoms with van der Waals surface area (Å²) in [6, 6.07) is 1.66. The third-order valence-electron chi connectivity index (χ3n) is 4.95. The van der Waals surface area contributed by atoms with Crippen LogP contribution >= 0.6 is 0 Å². The fraction of sp³-hybridized carbons (Fsp3) is 0.810. The lowest BCUT2D eigenvalue weighted by atomic mass is 10.0. The molecule has 0 atom stereocenters. The minimum atomic E-state index is -0.00788. The van der Waals surface area contributed by atoms with Crippen molar-refractivity contribution in [3.63, 3.8) is 0 Å². The van der Waals surface area contributed by atoms with Crippen LogP contribution in [0.2, 0.25) is 0 Å². The molecule has 0 bridgehead atoms. The van der Waals surface area contributed by atoms with Crippen LogP contribution in [0, 0.1) is 5.21 Å². The Balaban J connectivity index is 1.80. The Bertz CT molecular complexity index is 454. The Kier molecular flexibility index (Phi) is 13.6. The molecule has 5 heteroatoms. The highest BCUT2D eigenvalue weighted by Gasteiger charge is 2.03. The largest absolute Gasteiger partial charge is 0.754 e. The number of nitrogen functional groups attached to an aromatic ring is 1. The average molecular weight is 365 g/mol. The molecule has 0 saturated carbocycles. The number of unbranched alkanes of at least 4 members (excludes halogenated alkanes) is 14. The van der Waals surface area contributed by atoms with Gasteiger partial charge in [-0.25, -0.2) is 4.73 Å². The van der Waals surface area contributed by atoms with Gasteiger partial charge in [0.2, 0.25) is 0 Å². The minimum Gasteiger partial charge on any atom is -0.754 e. The van der Waals surface area contributed by atoms with Crippen LogP contribution in [0.3, 0.4) is 0 Å². The fourth-order valence-electron chi connectivity index (χ4n) is 3.27. The van der Waals surface area contributed by atoms with Gasteiger partial charge in [-0.15, -0.1) is 4.98 Å². The molecule has 0 spiro atoms. The van der Waals surface area contributed by atoms with Gasteiger partial charge >= 0.3 is 5.95 Å². The van der Waals surface area contributed by atoms with E-state index in [2.05, 4.69) is 17.2 Å². The zero-order chi connectivity index (χ0) is 18.9. The molecule has 0 aromatic carbocycles. The van der Waals surface area contributed by atoms with E-state index in [0.717, 1.165) is 13.0 Å². The Labute approximate surface area is 160 Å². The van der Waals surface area contributed by atoms with E-state index < -0.39 is 0 Å². The lowest BCUT2D eigenvalue weighted by Crippen LogP contribution is -2.35. The molecular formula is C21H40N4O. The predicted molar refractivity (Wildman–Crippen MR) is 111 cm³/mol. The molecule has 1 aromatic rings. The van der Waals surface area contributed by atoms with Crippen molar-refractivity contribution < 1.29 is 4.73 Å². The van der Waals surface area contributed by atoms with Crippen molar-refractivity contribution in [2.75, 3.05) is 17.6 Å². The zero-order valence-electron chi connectivity index (χ0n) is 16.8. The normalized spacial score (nSPS) is 11.0. The lowest BCUT2D eigenvalue weighted by molar-refractivity contribution is -0.577. The molecule has 1 heterocycles. The second-order valence-electron chi connectivity index (χ2n) is 7.36. The van der Waals surface area contributed by atoms with Crippen LogP contribution in [0.15, 0.2) is 12.3 Å². The molecule has 150 valence electrons. The van der Waals surface area contributed by atoms with Gasteiger partial charge in [0.25, 0.3) is 0 Å². The number of aromatic nitrogens is 2. The van der Waals surface area contributed by atoms with Crippen molar-refractivity contribution >= 4 is 11.8 Å². The van der Waals surface area contributed by atoms with Gasteiger partial charge < -0.3 is 16.3 Å². The second kappa shape index (κ2) is 15.7. The number of hydrogen-bond acceptors (Lipinski definition) is 4. The summed E-state index contributed by atoms with van der Waals surface area (Å²) < 4.78 is 0.644. The maximum Gasteiger partial charge on any atom is 0.343 e.